The van der Waals surface area contributed by atoms with Gasteiger partial charge in [-0.05, 0) is 24.8 Å². The largest absolute Gasteiger partial charge is 0.394 e. The lowest BCUT2D eigenvalue weighted by molar-refractivity contribution is -0.142. The van der Waals surface area contributed by atoms with Crippen LogP contribution in [-0.4, -0.2) is 67.8 Å². The summed E-state index contributed by atoms with van der Waals surface area (Å²) >= 11 is 5.41. The van der Waals surface area contributed by atoms with Crippen molar-refractivity contribution in [3.63, 3.8) is 0 Å². The van der Waals surface area contributed by atoms with Crippen molar-refractivity contribution >= 4 is 45.4 Å². The molecule has 3 heterocycles. The van der Waals surface area contributed by atoms with Gasteiger partial charge < -0.3 is 20.6 Å². The number of nitrogens with one attached hydrogen (secondary N) is 2. The van der Waals surface area contributed by atoms with Gasteiger partial charge in [-0.3, -0.25) is 14.4 Å². The van der Waals surface area contributed by atoms with Gasteiger partial charge in [-0.15, -0.1) is 11.8 Å². The van der Waals surface area contributed by atoms with E-state index in [0.29, 0.717) is 25.9 Å². The van der Waals surface area contributed by atoms with E-state index in [1.165, 1.54) is 0 Å². The number of hydrogen-bond donors (Lipinski definition) is 3. The predicted octanol–water partition coefficient (Wildman–Crippen LogP) is 2.84. The van der Waals surface area contributed by atoms with E-state index in [4.69, 9.17) is 0 Å². The number of amides is 3. The van der Waals surface area contributed by atoms with E-state index in [-0.39, 0.29) is 34.4 Å². The molecule has 4 rings (SSSR count). The fourth-order valence-corrected chi connectivity index (χ4v) is 9.66. The molecule has 0 radical (unpaired) electrons. The Labute approximate surface area is 220 Å². The lowest BCUT2D eigenvalue weighted by Gasteiger charge is -2.37. The van der Waals surface area contributed by atoms with E-state index in [1.807, 2.05) is 37.3 Å². The van der Waals surface area contributed by atoms with Crippen molar-refractivity contribution in [2.75, 3.05) is 13.2 Å². The normalized spacial score (nSPS) is 31.9. The highest BCUT2D eigenvalue weighted by Gasteiger charge is 2.76. The smallest absolute Gasteiger partial charge is 0.244 e. The Morgan fingerprint density at radius 3 is 2.60 bits per heavy atom. The third kappa shape index (κ3) is 4.76. The third-order valence-electron chi connectivity index (χ3n) is 7.74. The minimum Gasteiger partial charge on any atom is -0.394 e. The molecular weight excluding hydrogens is 530 g/mol. The number of alkyl halides is 1. The number of rotatable bonds is 11. The fraction of sp³-hybridized carbons (Fsp3) is 0.654. The average Bonchev–Trinajstić information content (AvgIpc) is 3.45. The molecule has 7 nitrogen and oxygen atoms in total. The Kier molecular flexibility index (Phi) is 8.49. The van der Waals surface area contributed by atoms with Gasteiger partial charge in [0.15, 0.2) is 0 Å². The highest BCUT2D eigenvalue weighted by atomic mass is 79.9. The number of carbonyl (C=O) groups excluding carboxylic acids is 3. The second-order valence-electron chi connectivity index (χ2n) is 9.86. The maximum absolute atomic E-state index is 13.9. The predicted molar refractivity (Wildman–Crippen MR) is 141 cm³/mol. The Morgan fingerprint density at radius 2 is 1.94 bits per heavy atom. The van der Waals surface area contributed by atoms with Gasteiger partial charge in [-0.2, -0.15) is 0 Å². The standard InChI is InChI=1S/C26H36BrN3O4S/c1-3-5-9-12-28-24(33)22-26-13-18(27)21(35-26)19(20(26)25(34)30(22)17(4-2)15-31)23(32)29-14-16-10-7-6-8-11-16/h6-8,10-11,17-22,31H,3-5,9,12-15H2,1-2H3,(H,28,33)(H,29,32)/t17-,18?,19+,20-,21+,22?,26?/m0/s1. The van der Waals surface area contributed by atoms with Gasteiger partial charge in [0, 0.05) is 23.2 Å². The highest BCUT2D eigenvalue weighted by Crippen LogP contribution is 2.68. The Balaban J connectivity index is 1.62. The van der Waals surface area contributed by atoms with Gasteiger partial charge in [0.05, 0.1) is 29.2 Å². The van der Waals surface area contributed by atoms with Gasteiger partial charge in [0.25, 0.3) is 0 Å². The van der Waals surface area contributed by atoms with E-state index in [1.54, 1.807) is 16.7 Å². The molecular formula is C26H36BrN3O4S. The van der Waals surface area contributed by atoms with Crippen LogP contribution in [0, 0.1) is 11.8 Å². The molecule has 192 valence electrons. The number of aliphatic hydroxyl groups is 1. The zero-order valence-electron chi connectivity index (χ0n) is 20.4. The number of halogens is 1. The molecule has 0 aliphatic carbocycles. The molecule has 3 aliphatic rings. The summed E-state index contributed by atoms with van der Waals surface area (Å²) in [5.41, 5.74) is 0.997. The average molecular weight is 567 g/mol. The van der Waals surface area contributed by atoms with E-state index in [9.17, 15) is 19.5 Å². The van der Waals surface area contributed by atoms with Crippen LogP contribution in [0.4, 0.5) is 0 Å². The van der Waals surface area contributed by atoms with Crippen molar-refractivity contribution < 1.29 is 19.5 Å². The monoisotopic (exact) mass is 565 g/mol. The number of benzene rings is 1. The molecule has 0 saturated carbocycles. The number of hydrogen-bond acceptors (Lipinski definition) is 5. The third-order valence-corrected chi connectivity index (χ3v) is 11.0. The van der Waals surface area contributed by atoms with Gasteiger partial charge in [-0.1, -0.05) is 73.0 Å². The first-order chi connectivity index (χ1) is 16.9. The first-order valence-electron chi connectivity index (χ1n) is 12.7. The van der Waals surface area contributed by atoms with E-state index < -0.39 is 28.7 Å². The highest BCUT2D eigenvalue weighted by molar-refractivity contribution is 9.09. The number of thioether (sulfide) groups is 1. The van der Waals surface area contributed by atoms with E-state index >= 15 is 0 Å². The van der Waals surface area contributed by atoms with Crippen LogP contribution >= 0.6 is 27.7 Å². The number of carbonyl (C=O) groups is 3. The summed E-state index contributed by atoms with van der Waals surface area (Å²) in [7, 11) is 0. The molecule has 3 saturated heterocycles. The van der Waals surface area contributed by atoms with Crippen LogP contribution in [0.5, 0.6) is 0 Å². The summed E-state index contributed by atoms with van der Waals surface area (Å²) in [5, 5.41) is 16.1. The molecule has 3 unspecified atom stereocenters. The minimum absolute atomic E-state index is 0.0357. The van der Waals surface area contributed by atoms with Crippen LogP contribution in [-0.2, 0) is 20.9 Å². The number of unbranched alkanes of at least 4 members (excludes halogenated alkanes) is 2. The van der Waals surface area contributed by atoms with Crippen LogP contribution in [0.3, 0.4) is 0 Å². The van der Waals surface area contributed by atoms with Gasteiger partial charge in [0.2, 0.25) is 17.7 Å². The minimum atomic E-state index is -0.694. The molecule has 9 heteroatoms. The Morgan fingerprint density at radius 1 is 1.20 bits per heavy atom. The summed E-state index contributed by atoms with van der Waals surface area (Å²) in [5.74, 6) is -1.58. The molecule has 3 amide bonds. The van der Waals surface area contributed by atoms with Crippen molar-refractivity contribution in [2.45, 2.75) is 79.4 Å². The van der Waals surface area contributed by atoms with Gasteiger partial charge in [0.1, 0.15) is 6.04 Å². The Hall–Kier alpha value is -1.58. The lowest BCUT2D eigenvalue weighted by atomic mass is 9.70. The van der Waals surface area contributed by atoms with Crippen LogP contribution in [0.25, 0.3) is 0 Å². The topological polar surface area (TPSA) is 98.7 Å². The maximum atomic E-state index is 13.9. The second-order valence-corrected chi connectivity index (χ2v) is 12.6. The Bertz CT molecular complexity index is 930. The molecule has 35 heavy (non-hydrogen) atoms. The zero-order valence-corrected chi connectivity index (χ0v) is 22.8. The first kappa shape index (κ1) is 26.5. The van der Waals surface area contributed by atoms with Crippen LogP contribution < -0.4 is 10.6 Å². The zero-order chi connectivity index (χ0) is 25.2. The van der Waals surface area contributed by atoms with Crippen molar-refractivity contribution in [3.05, 3.63) is 35.9 Å². The molecule has 1 spiro atoms. The van der Waals surface area contributed by atoms with Gasteiger partial charge >= 0.3 is 0 Å². The fourth-order valence-electron chi connectivity index (χ4n) is 6.06. The summed E-state index contributed by atoms with van der Waals surface area (Å²) in [6.45, 7) is 4.78. The molecule has 7 atom stereocenters. The summed E-state index contributed by atoms with van der Waals surface area (Å²) in [6, 6.07) is 8.57. The quantitative estimate of drug-likeness (QED) is 0.283. The second kappa shape index (κ2) is 11.2. The molecule has 3 N–H and O–H groups in total. The van der Waals surface area contributed by atoms with Crippen molar-refractivity contribution in [1.82, 2.24) is 15.5 Å². The molecule has 1 aromatic carbocycles. The van der Waals surface area contributed by atoms with Crippen LogP contribution in [0.2, 0.25) is 0 Å². The van der Waals surface area contributed by atoms with Crippen LogP contribution in [0.15, 0.2) is 30.3 Å². The van der Waals surface area contributed by atoms with Crippen molar-refractivity contribution in [1.29, 1.82) is 0 Å². The molecule has 1 aromatic rings. The molecule has 3 aliphatic heterocycles. The maximum Gasteiger partial charge on any atom is 0.244 e. The van der Waals surface area contributed by atoms with Crippen molar-refractivity contribution in [2.24, 2.45) is 11.8 Å². The summed E-state index contributed by atoms with van der Waals surface area (Å²) in [4.78, 5) is 42.7. The summed E-state index contributed by atoms with van der Waals surface area (Å²) < 4.78 is -0.678. The molecule has 3 fully saturated rings. The molecule has 0 aromatic heterocycles. The lowest BCUT2D eigenvalue weighted by Crippen LogP contribution is -2.57. The van der Waals surface area contributed by atoms with Crippen LogP contribution in [0.1, 0.15) is 51.5 Å². The SMILES string of the molecule is CCCCCNC(=O)C1N([C@@H](CC)CO)C(=O)[C@@H]2[C@@H](C(=O)NCc3ccccc3)[C@@H]3SC12CC3Br. The molecule has 2 bridgehead atoms. The number of fused-ring (bicyclic) bond motifs is 1. The van der Waals surface area contributed by atoms with Gasteiger partial charge in [-0.25, -0.2) is 0 Å². The van der Waals surface area contributed by atoms with E-state index in [2.05, 4.69) is 33.5 Å². The van der Waals surface area contributed by atoms with E-state index in [0.717, 1.165) is 24.8 Å². The number of aliphatic hydroxyl groups excluding tert-OH is 1. The number of likely N-dealkylation sites (tertiary alicyclic amines) is 1. The first-order valence-corrected chi connectivity index (χ1v) is 14.5. The van der Waals surface area contributed by atoms with Crippen molar-refractivity contribution in [3.8, 4) is 0 Å². The number of nitrogens with zero attached hydrogens (tertiary/aromatic N) is 1. The summed E-state index contributed by atoms with van der Waals surface area (Å²) in [6.07, 6.45) is 4.16.